The quantitative estimate of drug-likeness (QED) is 0.726. The van der Waals surface area contributed by atoms with Crippen LogP contribution in [0.4, 0.5) is 4.39 Å². The molecule has 0 spiro atoms. The molecule has 7 heteroatoms. The molecule has 2 aromatic rings. The van der Waals surface area contributed by atoms with Crippen molar-refractivity contribution in [2.24, 2.45) is 0 Å². The summed E-state index contributed by atoms with van der Waals surface area (Å²) >= 11 is 0. The van der Waals surface area contributed by atoms with Gasteiger partial charge in [0.1, 0.15) is 5.82 Å². The predicted molar refractivity (Wildman–Crippen MR) is 99.7 cm³/mol. The minimum atomic E-state index is -3.36. The fourth-order valence-electron chi connectivity index (χ4n) is 2.51. The van der Waals surface area contributed by atoms with Gasteiger partial charge < -0.3 is 5.32 Å². The third-order valence-corrected chi connectivity index (χ3v) is 5.23. The molecule has 0 unspecified atom stereocenters. The second-order valence-electron chi connectivity index (χ2n) is 6.05. The van der Waals surface area contributed by atoms with Gasteiger partial charge in [-0.2, -0.15) is 0 Å². The van der Waals surface area contributed by atoms with E-state index < -0.39 is 10.0 Å². The summed E-state index contributed by atoms with van der Waals surface area (Å²) in [5.74, 6) is -0.579. The van der Waals surface area contributed by atoms with Crippen LogP contribution in [-0.2, 0) is 27.7 Å². The van der Waals surface area contributed by atoms with Gasteiger partial charge in [-0.15, -0.1) is 0 Å². The molecule has 0 heterocycles. The van der Waals surface area contributed by atoms with Crippen molar-refractivity contribution in [1.82, 2.24) is 9.62 Å². The molecule has 5 nitrogen and oxygen atoms in total. The summed E-state index contributed by atoms with van der Waals surface area (Å²) in [7, 11) is -3.36. The van der Waals surface area contributed by atoms with Gasteiger partial charge in [0.05, 0.1) is 12.7 Å². The van der Waals surface area contributed by atoms with Crippen molar-refractivity contribution in [1.29, 1.82) is 0 Å². The van der Waals surface area contributed by atoms with Gasteiger partial charge in [-0.3, -0.25) is 4.79 Å². The molecule has 1 amide bonds. The maximum Gasteiger partial charge on any atom is 0.224 e. The number of sulfonamides is 1. The third-order valence-electron chi connectivity index (χ3n) is 3.92. The SMILES string of the molecule is CS(=O)(=O)N(CCNC(=O)Cc1ccc(F)cc1)CCc1ccccc1. The maximum absolute atomic E-state index is 12.9. The van der Waals surface area contributed by atoms with E-state index in [1.807, 2.05) is 30.3 Å². The first-order valence-electron chi connectivity index (χ1n) is 8.35. The molecule has 0 aliphatic carbocycles. The zero-order valence-corrected chi connectivity index (χ0v) is 15.5. The van der Waals surface area contributed by atoms with Crippen molar-refractivity contribution >= 4 is 15.9 Å². The Kier molecular flexibility index (Phi) is 7.29. The molecular formula is C19H23FN2O3S. The topological polar surface area (TPSA) is 66.5 Å². The van der Waals surface area contributed by atoms with E-state index in [0.29, 0.717) is 18.5 Å². The third kappa shape index (κ3) is 6.93. The number of carbonyl (C=O) groups is 1. The van der Waals surface area contributed by atoms with Gasteiger partial charge in [-0.1, -0.05) is 42.5 Å². The highest BCUT2D eigenvalue weighted by molar-refractivity contribution is 7.88. The number of hydrogen-bond acceptors (Lipinski definition) is 3. The number of nitrogens with zero attached hydrogens (tertiary/aromatic N) is 1. The van der Waals surface area contributed by atoms with Gasteiger partial charge in [0, 0.05) is 19.6 Å². The van der Waals surface area contributed by atoms with Gasteiger partial charge in [-0.25, -0.2) is 17.1 Å². The van der Waals surface area contributed by atoms with Crippen LogP contribution in [0.25, 0.3) is 0 Å². The lowest BCUT2D eigenvalue weighted by Gasteiger charge is -2.20. The molecule has 0 aliphatic heterocycles. The van der Waals surface area contributed by atoms with Gasteiger partial charge >= 0.3 is 0 Å². The van der Waals surface area contributed by atoms with Crippen LogP contribution in [0.2, 0.25) is 0 Å². The number of benzene rings is 2. The highest BCUT2D eigenvalue weighted by atomic mass is 32.2. The molecule has 140 valence electrons. The average molecular weight is 378 g/mol. The number of nitrogens with one attached hydrogen (secondary N) is 1. The van der Waals surface area contributed by atoms with Crippen LogP contribution in [0.3, 0.4) is 0 Å². The Morgan fingerprint density at radius 3 is 2.27 bits per heavy atom. The first-order valence-corrected chi connectivity index (χ1v) is 10.2. The second kappa shape index (κ2) is 9.45. The number of rotatable bonds is 9. The summed E-state index contributed by atoms with van der Waals surface area (Å²) in [6, 6.07) is 15.3. The Morgan fingerprint density at radius 2 is 1.65 bits per heavy atom. The van der Waals surface area contributed by atoms with Crippen LogP contribution in [0, 0.1) is 5.82 Å². The zero-order valence-electron chi connectivity index (χ0n) is 14.7. The molecule has 2 rings (SSSR count). The van der Waals surface area contributed by atoms with Crippen LogP contribution in [-0.4, -0.2) is 44.5 Å². The molecule has 0 saturated heterocycles. The Balaban J connectivity index is 1.81. The second-order valence-corrected chi connectivity index (χ2v) is 8.03. The molecule has 2 aromatic carbocycles. The van der Waals surface area contributed by atoms with Gasteiger partial charge in [0.15, 0.2) is 0 Å². The lowest BCUT2D eigenvalue weighted by atomic mass is 10.1. The van der Waals surface area contributed by atoms with Crippen molar-refractivity contribution in [3.8, 4) is 0 Å². The minimum absolute atomic E-state index is 0.128. The molecule has 1 N–H and O–H groups in total. The predicted octanol–water partition coefficient (Wildman–Crippen LogP) is 1.99. The zero-order chi connectivity index (χ0) is 19.0. The summed E-state index contributed by atoms with van der Waals surface area (Å²) < 4.78 is 38.1. The molecule has 0 aromatic heterocycles. The molecule has 0 atom stereocenters. The van der Waals surface area contributed by atoms with Crippen molar-refractivity contribution < 1.29 is 17.6 Å². The largest absolute Gasteiger partial charge is 0.354 e. The smallest absolute Gasteiger partial charge is 0.224 e. The molecule has 0 bridgehead atoms. The molecule has 0 aliphatic rings. The van der Waals surface area contributed by atoms with E-state index in [4.69, 9.17) is 0 Å². The lowest BCUT2D eigenvalue weighted by Crippen LogP contribution is -2.39. The summed E-state index contributed by atoms with van der Waals surface area (Å²) in [6.45, 7) is 0.791. The molecule has 0 saturated carbocycles. The van der Waals surface area contributed by atoms with Crippen molar-refractivity contribution in [2.45, 2.75) is 12.8 Å². The van der Waals surface area contributed by atoms with Crippen molar-refractivity contribution in [2.75, 3.05) is 25.9 Å². The summed E-state index contributed by atoms with van der Waals surface area (Å²) in [5, 5.41) is 2.71. The van der Waals surface area contributed by atoms with E-state index in [1.54, 1.807) is 12.1 Å². The fraction of sp³-hybridized carbons (Fsp3) is 0.316. The molecule has 26 heavy (non-hydrogen) atoms. The van der Waals surface area contributed by atoms with Gasteiger partial charge in [0.25, 0.3) is 0 Å². The van der Waals surface area contributed by atoms with Gasteiger partial charge in [0.2, 0.25) is 15.9 Å². The summed E-state index contributed by atoms with van der Waals surface area (Å²) in [5.41, 5.74) is 1.76. The lowest BCUT2D eigenvalue weighted by molar-refractivity contribution is -0.120. The average Bonchev–Trinajstić information content (AvgIpc) is 2.59. The number of amides is 1. The molecule has 0 radical (unpaired) electrons. The normalized spacial score (nSPS) is 11.5. The Labute approximate surface area is 153 Å². The maximum atomic E-state index is 12.9. The highest BCUT2D eigenvalue weighted by Gasteiger charge is 2.16. The van der Waals surface area contributed by atoms with Gasteiger partial charge in [-0.05, 0) is 29.7 Å². The van der Waals surface area contributed by atoms with E-state index >= 15 is 0 Å². The fourth-order valence-corrected chi connectivity index (χ4v) is 3.36. The van der Waals surface area contributed by atoms with E-state index in [1.165, 1.54) is 22.7 Å². The first kappa shape index (κ1) is 20.1. The summed E-state index contributed by atoms with van der Waals surface area (Å²) in [6.07, 6.45) is 1.90. The Morgan fingerprint density at radius 1 is 1.00 bits per heavy atom. The van der Waals surface area contributed by atoms with Crippen molar-refractivity contribution in [3.63, 3.8) is 0 Å². The molecule has 0 fully saturated rings. The molecular weight excluding hydrogens is 355 g/mol. The van der Waals surface area contributed by atoms with E-state index in [2.05, 4.69) is 5.32 Å². The number of carbonyl (C=O) groups excluding carboxylic acids is 1. The standard InChI is InChI=1S/C19H23FN2O3S/c1-26(24,25)22(13-11-16-5-3-2-4-6-16)14-12-21-19(23)15-17-7-9-18(20)10-8-17/h2-10H,11-15H2,1H3,(H,21,23). The van der Waals surface area contributed by atoms with E-state index in [-0.39, 0.29) is 31.2 Å². The number of halogens is 1. The van der Waals surface area contributed by atoms with Crippen molar-refractivity contribution in [3.05, 3.63) is 71.5 Å². The van der Waals surface area contributed by atoms with E-state index in [9.17, 15) is 17.6 Å². The van der Waals surface area contributed by atoms with E-state index in [0.717, 1.165) is 5.56 Å². The number of hydrogen-bond donors (Lipinski definition) is 1. The van der Waals surface area contributed by atoms with Crippen LogP contribution < -0.4 is 5.32 Å². The Bertz CT molecular complexity index is 808. The Hall–Kier alpha value is -2.25. The summed E-state index contributed by atoms with van der Waals surface area (Å²) in [4.78, 5) is 11.9. The van der Waals surface area contributed by atoms with Crippen LogP contribution in [0.1, 0.15) is 11.1 Å². The monoisotopic (exact) mass is 378 g/mol. The van der Waals surface area contributed by atoms with Crippen LogP contribution in [0.15, 0.2) is 54.6 Å². The van der Waals surface area contributed by atoms with Crippen LogP contribution in [0.5, 0.6) is 0 Å². The minimum Gasteiger partial charge on any atom is -0.354 e. The van der Waals surface area contributed by atoms with Crippen LogP contribution >= 0.6 is 0 Å². The first-order chi connectivity index (χ1) is 12.3. The highest BCUT2D eigenvalue weighted by Crippen LogP contribution is 2.05.